The van der Waals surface area contributed by atoms with Crippen LogP contribution in [-0.2, 0) is 9.47 Å². The Balaban J connectivity index is 1.58. The highest BCUT2D eigenvalue weighted by Crippen LogP contribution is 2.44. The van der Waals surface area contributed by atoms with Gasteiger partial charge in [0.05, 0.1) is 13.2 Å². The van der Waals surface area contributed by atoms with E-state index in [2.05, 4.69) is 29.6 Å². The lowest BCUT2D eigenvalue weighted by Gasteiger charge is -2.35. The molecule has 0 unspecified atom stereocenters. The van der Waals surface area contributed by atoms with Crippen LogP contribution in [0.3, 0.4) is 0 Å². The van der Waals surface area contributed by atoms with Gasteiger partial charge in [-0.25, -0.2) is 0 Å². The van der Waals surface area contributed by atoms with Crippen LogP contribution in [0.2, 0.25) is 0 Å². The molecule has 1 aromatic heterocycles. The lowest BCUT2D eigenvalue weighted by Crippen LogP contribution is -2.34. The summed E-state index contributed by atoms with van der Waals surface area (Å²) in [7, 11) is 0. The van der Waals surface area contributed by atoms with Crippen molar-refractivity contribution >= 4 is 21.4 Å². The Morgan fingerprint density at radius 3 is 2.58 bits per heavy atom. The molecule has 19 heavy (non-hydrogen) atoms. The second-order valence-electron chi connectivity index (χ2n) is 5.57. The highest BCUT2D eigenvalue weighted by atomic mass is 32.1. The Kier molecular flexibility index (Phi) is 2.87. The van der Waals surface area contributed by atoms with Gasteiger partial charge in [-0.2, -0.15) is 0 Å². The number of benzene rings is 1. The van der Waals surface area contributed by atoms with Crippen molar-refractivity contribution in [1.29, 1.82) is 0 Å². The Labute approximate surface area is 117 Å². The van der Waals surface area contributed by atoms with E-state index < -0.39 is 0 Å². The molecule has 2 aliphatic rings. The van der Waals surface area contributed by atoms with Crippen LogP contribution in [0, 0.1) is 0 Å². The third-order valence-electron chi connectivity index (χ3n) is 4.51. The van der Waals surface area contributed by atoms with Crippen molar-refractivity contribution in [3.8, 4) is 0 Å². The van der Waals surface area contributed by atoms with Gasteiger partial charge in [0, 0.05) is 17.5 Å². The first-order valence-electron chi connectivity index (χ1n) is 7.10. The topological polar surface area (TPSA) is 18.5 Å². The maximum absolute atomic E-state index is 5.81. The fourth-order valence-electron chi connectivity index (χ4n) is 3.47. The minimum Gasteiger partial charge on any atom is -0.348 e. The third-order valence-corrected chi connectivity index (χ3v) is 5.49. The normalized spacial score (nSPS) is 23.4. The molecule has 2 heterocycles. The number of thiophene rings is 1. The zero-order chi connectivity index (χ0) is 12.7. The summed E-state index contributed by atoms with van der Waals surface area (Å²) in [6.07, 6.45) is 4.45. The van der Waals surface area contributed by atoms with Crippen LogP contribution in [0.5, 0.6) is 0 Å². The number of ether oxygens (including phenoxy) is 2. The van der Waals surface area contributed by atoms with Crippen LogP contribution >= 0.6 is 11.3 Å². The first-order chi connectivity index (χ1) is 9.36. The van der Waals surface area contributed by atoms with Crippen molar-refractivity contribution in [2.75, 3.05) is 13.2 Å². The van der Waals surface area contributed by atoms with E-state index in [0.29, 0.717) is 5.92 Å². The van der Waals surface area contributed by atoms with E-state index in [1.807, 2.05) is 11.3 Å². The molecule has 1 aliphatic carbocycles. The standard InChI is InChI=1S/C16H18O2S/c1-2-4-15-13(3-1)14(11-19-15)12-5-7-16(8-6-12)17-9-10-18-16/h1-4,11-12H,5-10H2. The first-order valence-corrected chi connectivity index (χ1v) is 7.98. The van der Waals surface area contributed by atoms with Gasteiger partial charge in [0.25, 0.3) is 0 Å². The van der Waals surface area contributed by atoms with Gasteiger partial charge in [0.15, 0.2) is 5.79 Å². The van der Waals surface area contributed by atoms with Gasteiger partial charge < -0.3 is 9.47 Å². The van der Waals surface area contributed by atoms with E-state index in [0.717, 1.165) is 26.1 Å². The van der Waals surface area contributed by atoms with Gasteiger partial charge in [-0.05, 0) is 41.2 Å². The van der Waals surface area contributed by atoms with E-state index in [1.54, 1.807) is 0 Å². The van der Waals surface area contributed by atoms with Gasteiger partial charge in [-0.15, -0.1) is 11.3 Å². The summed E-state index contributed by atoms with van der Waals surface area (Å²) in [5.74, 6) is 0.442. The second kappa shape index (κ2) is 4.58. The highest BCUT2D eigenvalue weighted by Gasteiger charge is 2.40. The number of hydrogen-bond donors (Lipinski definition) is 0. The number of fused-ring (bicyclic) bond motifs is 1. The van der Waals surface area contributed by atoms with Gasteiger partial charge >= 0.3 is 0 Å². The fourth-order valence-corrected chi connectivity index (χ4v) is 4.51. The average molecular weight is 274 g/mol. The molecule has 0 radical (unpaired) electrons. The van der Waals surface area contributed by atoms with Crippen molar-refractivity contribution in [1.82, 2.24) is 0 Å². The minimum atomic E-state index is -0.234. The molecule has 1 saturated heterocycles. The minimum absolute atomic E-state index is 0.234. The zero-order valence-electron chi connectivity index (χ0n) is 10.9. The predicted octanol–water partition coefficient (Wildman–Crippen LogP) is 4.30. The molecule has 0 amide bonds. The molecule has 100 valence electrons. The summed E-state index contributed by atoms with van der Waals surface area (Å²) < 4.78 is 13.0. The Morgan fingerprint density at radius 2 is 1.79 bits per heavy atom. The summed E-state index contributed by atoms with van der Waals surface area (Å²) in [5.41, 5.74) is 1.54. The first kappa shape index (κ1) is 11.9. The molecule has 1 spiro atoms. The average Bonchev–Trinajstić information content (AvgIpc) is 3.08. The predicted molar refractivity (Wildman–Crippen MR) is 77.7 cm³/mol. The van der Waals surface area contributed by atoms with Crippen LogP contribution < -0.4 is 0 Å². The van der Waals surface area contributed by atoms with Crippen LogP contribution in [0.15, 0.2) is 29.6 Å². The summed E-state index contributed by atoms with van der Waals surface area (Å²) in [6, 6.07) is 8.75. The van der Waals surface area contributed by atoms with E-state index in [-0.39, 0.29) is 5.79 Å². The zero-order valence-corrected chi connectivity index (χ0v) is 11.7. The SMILES string of the molecule is c1ccc2c(C3CCC4(CC3)OCCO4)csc2c1. The van der Waals surface area contributed by atoms with E-state index in [9.17, 15) is 0 Å². The van der Waals surface area contributed by atoms with Crippen molar-refractivity contribution in [3.05, 3.63) is 35.2 Å². The van der Waals surface area contributed by atoms with Crippen molar-refractivity contribution in [3.63, 3.8) is 0 Å². The molecule has 4 rings (SSSR count). The molecule has 1 aromatic carbocycles. The monoisotopic (exact) mass is 274 g/mol. The molecule has 0 N–H and O–H groups in total. The van der Waals surface area contributed by atoms with Crippen molar-refractivity contribution in [2.45, 2.75) is 37.4 Å². The summed E-state index contributed by atoms with van der Waals surface area (Å²) >= 11 is 1.87. The largest absolute Gasteiger partial charge is 0.348 e. The molecular weight excluding hydrogens is 256 g/mol. The van der Waals surface area contributed by atoms with Crippen LogP contribution in [0.1, 0.15) is 37.2 Å². The van der Waals surface area contributed by atoms with Crippen molar-refractivity contribution in [2.24, 2.45) is 0 Å². The maximum atomic E-state index is 5.81. The molecule has 2 fully saturated rings. The lowest BCUT2D eigenvalue weighted by atomic mass is 9.81. The molecule has 0 atom stereocenters. The highest BCUT2D eigenvalue weighted by molar-refractivity contribution is 7.17. The maximum Gasteiger partial charge on any atom is 0.168 e. The number of rotatable bonds is 1. The van der Waals surface area contributed by atoms with Crippen LogP contribution in [-0.4, -0.2) is 19.0 Å². The summed E-state index contributed by atoms with van der Waals surface area (Å²) in [5, 5.41) is 3.80. The lowest BCUT2D eigenvalue weighted by molar-refractivity contribution is -0.178. The number of hydrogen-bond acceptors (Lipinski definition) is 3. The van der Waals surface area contributed by atoms with Gasteiger partial charge in [0.2, 0.25) is 0 Å². The fraction of sp³-hybridized carbons (Fsp3) is 0.500. The molecule has 2 aromatic rings. The molecule has 3 heteroatoms. The van der Waals surface area contributed by atoms with E-state index in [1.165, 1.54) is 28.5 Å². The second-order valence-corrected chi connectivity index (χ2v) is 6.48. The molecule has 1 saturated carbocycles. The Bertz CT molecular complexity index is 573. The Morgan fingerprint density at radius 1 is 1.05 bits per heavy atom. The van der Waals surface area contributed by atoms with Crippen LogP contribution in [0.25, 0.3) is 10.1 Å². The van der Waals surface area contributed by atoms with Crippen LogP contribution in [0.4, 0.5) is 0 Å². The van der Waals surface area contributed by atoms with Crippen molar-refractivity contribution < 1.29 is 9.47 Å². The smallest absolute Gasteiger partial charge is 0.168 e. The Hall–Kier alpha value is -0.900. The van der Waals surface area contributed by atoms with Gasteiger partial charge in [-0.1, -0.05) is 18.2 Å². The van der Waals surface area contributed by atoms with Gasteiger partial charge in [-0.3, -0.25) is 0 Å². The molecule has 2 nitrogen and oxygen atoms in total. The summed E-state index contributed by atoms with van der Waals surface area (Å²) in [4.78, 5) is 0. The molecular formula is C16H18O2S. The molecule has 0 bridgehead atoms. The summed E-state index contributed by atoms with van der Waals surface area (Å²) in [6.45, 7) is 1.54. The third kappa shape index (κ3) is 2.00. The quantitative estimate of drug-likeness (QED) is 0.772. The molecule has 1 aliphatic heterocycles. The van der Waals surface area contributed by atoms with E-state index in [4.69, 9.17) is 9.47 Å². The van der Waals surface area contributed by atoms with Gasteiger partial charge in [0.1, 0.15) is 0 Å². The van der Waals surface area contributed by atoms with E-state index >= 15 is 0 Å².